The summed E-state index contributed by atoms with van der Waals surface area (Å²) in [6.07, 6.45) is 3.62. The second-order valence-electron chi connectivity index (χ2n) is 5.21. The second-order valence-corrected chi connectivity index (χ2v) is 6.06. The molecule has 0 spiro atoms. The van der Waals surface area contributed by atoms with E-state index in [1.807, 2.05) is 6.07 Å². The molecule has 1 N–H and O–H groups in total. The van der Waals surface area contributed by atoms with Crippen molar-refractivity contribution in [3.05, 3.63) is 32.8 Å². The summed E-state index contributed by atoms with van der Waals surface area (Å²) in [7, 11) is 0. The van der Waals surface area contributed by atoms with E-state index in [0.717, 1.165) is 18.7 Å². The van der Waals surface area contributed by atoms with E-state index in [1.54, 1.807) is 12.1 Å². The molecular formula is C13H16BrN3O2. The van der Waals surface area contributed by atoms with Crippen LogP contribution in [0.2, 0.25) is 0 Å². The first kappa shape index (κ1) is 12.9. The fourth-order valence-corrected chi connectivity index (χ4v) is 3.60. The molecule has 5 nitrogen and oxygen atoms in total. The van der Waals surface area contributed by atoms with Gasteiger partial charge in [0.15, 0.2) is 0 Å². The van der Waals surface area contributed by atoms with Crippen LogP contribution in [0.1, 0.15) is 19.3 Å². The van der Waals surface area contributed by atoms with E-state index in [0.29, 0.717) is 16.6 Å². The van der Waals surface area contributed by atoms with Crippen LogP contribution in [0.5, 0.6) is 0 Å². The minimum absolute atomic E-state index is 0.117. The van der Waals surface area contributed by atoms with Crippen LogP contribution >= 0.6 is 15.9 Å². The van der Waals surface area contributed by atoms with Gasteiger partial charge in [-0.2, -0.15) is 0 Å². The number of fused-ring (bicyclic) bond motifs is 1. The van der Waals surface area contributed by atoms with Gasteiger partial charge in [-0.1, -0.05) is 0 Å². The lowest BCUT2D eigenvalue weighted by Gasteiger charge is -2.22. The summed E-state index contributed by atoms with van der Waals surface area (Å²) in [6.45, 7) is 2.34. The van der Waals surface area contributed by atoms with Crippen LogP contribution in [-0.2, 0) is 0 Å². The van der Waals surface area contributed by atoms with Crippen molar-refractivity contribution in [3.8, 4) is 0 Å². The molecule has 2 aliphatic rings. The Morgan fingerprint density at radius 3 is 3.00 bits per heavy atom. The topological polar surface area (TPSA) is 58.4 Å². The Labute approximate surface area is 120 Å². The zero-order valence-corrected chi connectivity index (χ0v) is 12.1. The molecule has 2 saturated heterocycles. The predicted octanol–water partition coefficient (Wildman–Crippen LogP) is 3.01. The third kappa shape index (κ3) is 2.47. The van der Waals surface area contributed by atoms with Crippen molar-refractivity contribution >= 4 is 27.3 Å². The van der Waals surface area contributed by atoms with E-state index in [-0.39, 0.29) is 10.6 Å². The minimum atomic E-state index is -0.355. The number of hydrogen-bond acceptors (Lipinski definition) is 4. The molecule has 19 heavy (non-hydrogen) atoms. The minimum Gasteiger partial charge on any atom is -0.380 e. The number of nitrogens with one attached hydrogen (secondary N) is 1. The van der Waals surface area contributed by atoms with E-state index >= 15 is 0 Å². The summed E-state index contributed by atoms with van der Waals surface area (Å²) in [6, 6.07) is 6.27. The number of hydrogen-bond donors (Lipinski definition) is 1. The molecule has 1 aromatic carbocycles. The fraction of sp³-hybridized carbons (Fsp3) is 0.538. The van der Waals surface area contributed by atoms with E-state index in [1.165, 1.54) is 19.4 Å². The zero-order valence-electron chi connectivity index (χ0n) is 10.5. The maximum Gasteiger partial charge on any atom is 0.285 e. The molecule has 3 rings (SSSR count). The highest BCUT2D eigenvalue weighted by molar-refractivity contribution is 9.10. The predicted molar refractivity (Wildman–Crippen MR) is 77.4 cm³/mol. The average molecular weight is 326 g/mol. The van der Waals surface area contributed by atoms with E-state index in [4.69, 9.17) is 0 Å². The Morgan fingerprint density at radius 2 is 2.21 bits per heavy atom. The summed E-state index contributed by atoms with van der Waals surface area (Å²) in [5.74, 6) is 0. The highest BCUT2D eigenvalue weighted by Crippen LogP contribution is 2.32. The summed E-state index contributed by atoms with van der Waals surface area (Å²) in [4.78, 5) is 13.1. The molecule has 0 amide bonds. The van der Waals surface area contributed by atoms with Gasteiger partial charge >= 0.3 is 0 Å². The Kier molecular flexibility index (Phi) is 3.45. The SMILES string of the molecule is O=[N+]([O-])c1cc(NC2CCN3CCCC23)ccc1Br. The van der Waals surface area contributed by atoms with Crippen LogP contribution in [-0.4, -0.2) is 35.0 Å². The average Bonchev–Trinajstić information content (AvgIpc) is 2.96. The number of halogens is 1. The van der Waals surface area contributed by atoms with Gasteiger partial charge in [-0.25, -0.2) is 0 Å². The number of benzene rings is 1. The molecule has 2 fully saturated rings. The first-order valence-corrected chi connectivity index (χ1v) is 7.39. The van der Waals surface area contributed by atoms with Crippen LogP contribution < -0.4 is 5.32 Å². The number of nitro groups is 1. The second kappa shape index (κ2) is 5.09. The summed E-state index contributed by atoms with van der Waals surface area (Å²) in [5.41, 5.74) is 0.958. The molecule has 2 aliphatic heterocycles. The lowest BCUT2D eigenvalue weighted by Crippen LogP contribution is -2.33. The Morgan fingerprint density at radius 1 is 1.37 bits per heavy atom. The normalized spacial score (nSPS) is 26.4. The molecule has 0 aromatic heterocycles. The van der Waals surface area contributed by atoms with Crippen molar-refractivity contribution in [1.29, 1.82) is 0 Å². The van der Waals surface area contributed by atoms with E-state index in [2.05, 4.69) is 26.1 Å². The number of nitrogens with zero attached hydrogens (tertiary/aromatic N) is 2. The van der Waals surface area contributed by atoms with Gasteiger partial charge in [0.25, 0.3) is 5.69 Å². The molecule has 0 aliphatic carbocycles. The highest BCUT2D eigenvalue weighted by atomic mass is 79.9. The van der Waals surface area contributed by atoms with Crippen molar-refractivity contribution in [1.82, 2.24) is 4.90 Å². The Bertz CT molecular complexity index is 509. The van der Waals surface area contributed by atoms with Crippen molar-refractivity contribution < 1.29 is 4.92 Å². The molecule has 2 atom stereocenters. The van der Waals surface area contributed by atoms with Crippen LogP contribution in [0.25, 0.3) is 0 Å². The molecule has 6 heteroatoms. The van der Waals surface area contributed by atoms with Crippen LogP contribution in [0.15, 0.2) is 22.7 Å². The van der Waals surface area contributed by atoms with Gasteiger partial charge in [0.2, 0.25) is 0 Å². The lowest BCUT2D eigenvalue weighted by atomic mass is 10.1. The Hall–Kier alpha value is -1.14. The monoisotopic (exact) mass is 325 g/mol. The Balaban J connectivity index is 1.76. The summed E-state index contributed by atoms with van der Waals surface area (Å²) >= 11 is 3.21. The number of anilines is 1. The molecule has 0 saturated carbocycles. The number of nitro benzene ring substituents is 1. The summed E-state index contributed by atoms with van der Waals surface area (Å²) < 4.78 is 0.525. The third-order valence-electron chi connectivity index (χ3n) is 4.10. The van der Waals surface area contributed by atoms with Gasteiger partial charge in [-0.05, 0) is 53.9 Å². The standard InChI is InChI=1S/C13H16BrN3O2/c14-10-4-3-9(8-13(10)17(18)19)15-11-5-7-16-6-1-2-12(11)16/h3-4,8,11-12,15H,1-2,5-7H2. The molecule has 0 bridgehead atoms. The van der Waals surface area contributed by atoms with Crippen LogP contribution in [0, 0.1) is 10.1 Å². The van der Waals surface area contributed by atoms with Crippen LogP contribution in [0.4, 0.5) is 11.4 Å². The number of rotatable bonds is 3. The molecule has 2 heterocycles. The van der Waals surface area contributed by atoms with Gasteiger partial charge in [-0.3, -0.25) is 15.0 Å². The van der Waals surface area contributed by atoms with E-state index in [9.17, 15) is 10.1 Å². The zero-order chi connectivity index (χ0) is 13.4. The maximum atomic E-state index is 10.9. The smallest absolute Gasteiger partial charge is 0.285 e. The van der Waals surface area contributed by atoms with Gasteiger partial charge < -0.3 is 5.32 Å². The lowest BCUT2D eigenvalue weighted by molar-refractivity contribution is -0.385. The molecule has 0 radical (unpaired) electrons. The molecule has 2 unspecified atom stereocenters. The van der Waals surface area contributed by atoms with Gasteiger partial charge in [-0.15, -0.1) is 0 Å². The first-order chi connectivity index (χ1) is 9.15. The third-order valence-corrected chi connectivity index (χ3v) is 4.77. The van der Waals surface area contributed by atoms with Gasteiger partial charge in [0.05, 0.1) is 9.40 Å². The molecule has 1 aromatic rings. The quantitative estimate of drug-likeness (QED) is 0.685. The van der Waals surface area contributed by atoms with Crippen molar-refractivity contribution in [3.63, 3.8) is 0 Å². The summed E-state index contributed by atoms with van der Waals surface area (Å²) in [5, 5.41) is 14.4. The molecular weight excluding hydrogens is 310 g/mol. The van der Waals surface area contributed by atoms with Crippen molar-refractivity contribution in [2.24, 2.45) is 0 Å². The largest absolute Gasteiger partial charge is 0.380 e. The van der Waals surface area contributed by atoms with Crippen molar-refractivity contribution in [2.45, 2.75) is 31.3 Å². The highest BCUT2D eigenvalue weighted by Gasteiger charge is 2.37. The van der Waals surface area contributed by atoms with Gasteiger partial charge in [0.1, 0.15) is 0 Å². The fourth-order valence-electron chi connectivity index (χ4n) is 3.21. The van der Waals surface area contributed by atoms with E-state index < -0.39 is 0 Å². The van der Waals surface area contributed by atoms with Crippen LogP contribution in [0.3, 0.4) is 0 Å². The molecule has 102 valence electrons. The van der Waals surface area contributed by atoms with Crippen molar-refractivity contribution in [2.75, 3.05) is 18.4 Å². The first-order valence-electron chi connectivity index (χ1n) is 6.59. The van der Waals surface area contributed by atoms with Gasteiger partial charge in [0, 0.05) is 30.4 Å². The maximum absolute atomic E-state index is 10.9.